The maximum Gasteiger partial charge on any atom is 0.301 e. The lowest BCUT2D eigenvalue weighted by Gasteiger charge is -2.24. The largest absolute Gasteiger partial charge is 0.507 e. The number of rotatable bonds is 8. The second kappa shape index (κ2) is 11.1. The van der Waals surface area contributed by atoms with Crippen LogP contribution in [0.15, 0.2) is 60.2 Å². The van der Waals surface area contributed by atoms with Crippen LogP contribution in [0.2, 0.25) is 5.02 Å². The van der Waals surface area contributed by atoms with Crippen LogP contribution in [0.25, 0.3) is 16.0 Å². The number of ether oxygens (including phenoxy) is 4. The summed E-state index contributed by atoms with van der Waals surface area (Å²) in [6.45, 7) is 2.39. The highest BCUT2D eigenvalue weighted by Crippen LogP contribution is 2.48. The molecule has 3 aromatic carbocycles. The summed E-state index contributed by atoms with van der Waals surface area (Å²) in [6.07, 6.45) is 0. The lowest BCUT2D eigenvalue weighted by atomic mass is 9.95. The van der Waals surface area contributed by atoms with E-state index in [4.69, 9.17) is 30.5 Å². The molecule has 0 spiro atoms. The van der Waals surface area contributed by atoms with E-state index in [2.05, 4.69) is 4.98 Å². The fourth-order valence-electron chi connectivity index (χ4n) is 4.62. The first-order chi connectivity index (χ1) is 19.3. The smallest absolute Gasteiger partial charge is 0.301 e. The number of aromatic nitrogens is 1. The Morgan fingerprint density at radius 1 is 1.00 bits per heavy atom. The van der Waals surface area contributed by atoms with Gasteiger partial charge in [-0.1, -0.05) is 22.9 Å². The van der Waals surface area contributed by atoms with Crippen molar-refractivity contribution in [3.63, 3.8) is 0 Å². The summed E-state index contributed by atoms with van der Waals surface area (Å²) in [5.41, 5.74) is 1.28. The van der Waals surface area contributed by atoms with Crippen LogP contribution in [0.4, 0.5) is 5.13 Å². The van der Waals surface area contributed by atoms with E-state index in [-0.39, 0.29) is 16.5 Å². The van der Waals surface area contributed by atoms with Crippen LogP contribution in [0.5, 0.6) is 23.0 Å². The van der Waals surface area contributed by atoms with Crippen molar-refractivity contribution in [3.8, 4) is 23.0 Å². The van der Waals surface area contributed by atoms with Crippen molar-refractivity contribution < 1.29 is 33.6 Å². The van der Waals surface area contributed by atoms with Gasteiger partial charge in [-0.2, -0.15) is 0 Å². The fraction of sp³-hybridized carbons (Fsp3) is 0.207. The molecule has 206 valence electrons. The Kier molecular flexibility index (Phi) is 7.55. The Labute approximate surface area is 239 Å². The number of ketones is 1. The van der Waals surface area contributed by atoms with Crippen molar-refractivity contribution >= 4 is 55.7 Å². The molecule has 0 bridgehead atoms. The zero-order chi connectivity index (χ0) is 28.6. The van der Waals surface area contributed by atoms with Crippen molar-refractivity contribution in [3.05, 3.63) is 76.3 Å². The molecular formula is C29H25ClN2O7S. The number of halogens is 1. The molecule has 1 unspecified atom stereocenters. The number of hydrogen-bond acceptors (Lipinski definition) is 9. The Morgan fingerprint density at radius 3 is 2.27 bits per heavy atom. The van der Waals surface area contributed by atoms with Gasteiger partial charge in [0.1, 0.15) is 11.5 Å². The van der Waals surface area contributed by atoms with E-state index in [0.29, 0.717) is 51.3 Å². The monoisotopic (exact) mass is 580 g/mol. The predicted molar refractivity (Wildman–Crippen MR) is 153 cm³/mol. The average molecular weight is 581 g/mol. The van der Waals surface area contributed by atoms with Gasteiger partial charge >= 0.3 is 5.91 Å². The summed E-state index contributed by atoms with van der Waals surface area (Å²) in [4.78, 5) is 33.2. The Morgan fingerprint density at radius 2 is 1.68 bits per heavy atom. The molecule has 0 aliphatic carbocycles. The molecule has 11 heteroatoms. The highest BCUT2D eigenvalue weighted by molar-refractivity contribution is 7.22. The maximum absolute atomic E-state index is 13.6. The number of methoxy groups -OCH3 is 3. The molecule has 5 rings (SSSR count). The van der Waals surface area contributed by atoms with Crippen molar-refractivity contribution in [2.24, 2.45) is 0 Å². The van der Waals surface area contributed by atoms with Gasteiger partial charge in [-0.05, 0) is 67.1 Å². The summed E-state index contributed by atoms with van der Waals surface area (Å²) < 4.78 is 22.9. The molecule has 2 heterocycles. The second-order valence-corrected chi connectivity index (χ2v) is 10.1. The average Bonchev–Trinajstić information content (AvgIpc) is 3.49. The maximum atomic E-state index is 13.6. The molecule has 1 saturated heterocycles. The number of anilines is 1. The highest BCUT2D eigenvalue weighted by Gasteiger charge is 2.48. The molecule has 1 amide bonds. The minimum atomic E-state index is -1.06. The molecule has 1 atom stereocenters. The molecule has 9 nitrogen and oxygen atoms in total. The zero-order valence-corrected chi connectivity index (χ0v) is 23.6. The first kappa shape index (κ1) is 27.3. The van der Waals surface area contributed by atoms with Gasteiger partial charge < -0.3 is 24.1 Å². The molecule has 0 saturated carbocycles. The minimum absolute atomic E-state index is 0.115. The number of amides is 1. The standard InChI is InChI=1S/C29H25ClN2O7S/c1-5-39-18-10-11-19-22(14-18)40-29(31-19)32-24(16-12-20(36-2)27(38-4)21(13-16)37-3)23(26(34)28(32)35)25(33)15-6-8-17(30)9-7-15/h6-14,24,33H,5H2,1-4H3. The molecule has 1 aromatic heterocycles. The number of aliphatic hydroxyl groups excluding tert-OH is 1. The molecular weight excluding hydrogens is 556 g/mol. The molecule has 40 heavy (non-hydrogen) atoms. The predicted octanol–water partition coefficient (Wildman–Crippen LogP) is 6.00. The third-order valence-electron chi connectivity index (χ3n) is 6.43. The van der Waals surface area contributed by atoms with E-state index in [1.54, 1.807) is 48.5 Å². The summed E-state index contributed by atoms with van der Waals surface area (Å²) in [5, 5.41) is 12.1. The van der Waals surface area contributed by atoms with Gasteiger partial charge in [0.25, 0.3) is 5.78 Å². The molecule has 1 N–H and O–H groups in total. The van der Waals surface area contributed by atoms with Crippen molar-refractivity contribution in [2.75, 3.05) is 32.8 Å². The zero-order valence-electron chi connectivity index (χ0n) is 22.1. The normalized spacial score (nSPS) is 16.4. The van der Waals surface area contributed by atoms with E-state index in [1.807, 2.05) is 13.0 Å². The number of hydrogen-bond donors (Lipinski definition) is 1. The molecule has 1 aliphatic rings. The number of fused-ring (bicyclic) bond motifs is 1. The Bertz CT molecular complexity index is 1620. The lowest BCUT2D eigenvalue weighted by Crippen LogP contribution is -2.29. The van der Waals surface area contributed by atoms with Gasteiger partial charge in [0.05, 0.1) is 49.8 Å². The first-order valence-electron chi connectivity index (χ1n) is 12.2. The quantitative estimate of drug-likeness (QED) is 0.154. The van der Waals surface area contributed by atoms with Crippen LogP contribution in [0, 0.1) is 0 Å². The van der Waals surface area contributed by atoms with E-state index in [0.717, 1.165) is 4.70 Å². The Balaban J connectivity index is 1.75. The lowest BCUT2D eigenvalue weighted by molar-refractivity contribution is -0.132. The Hall–Kier alpha value is -4.28. The third-order valence-corrected chi connectivity index (χ3v) is 7.70. The number of nitrogens with zero attached hydrogens (tertiary/aromatic N) is 2. The summed E-state index contributed by atoms with van der Waals surface area (Å²) in [7, 11) is 4.41. The third kappa shape index (κ3) is 4.69. The number of carbonyl (C=O) groups is 2. The van der Waals surface area contributed by atoms with Gasteiger partial charge in [-0.15, -0.1) is 0 Å². The van der Waals surface area contributed by atoms with Crippen LogP contribution >= 0.6 is 22.9 Å². The van der Waals surface area contributed by atoms with Crippen molar-refractivity contribution in [2.45, 2.75) is 13.0 Å². The molecule has 1 aliphatic heterocycles. The van der Waals surface area contributed by atoms with Gasteiger partial charge in [0, 0.05) is 10.6 Å². The number of Topliss-reactive ketones (excluding diaryl/α,β-unsaturated/α-hetero) is 1. The molecule has 4 aromatic rings. The van der Waals surface area contributed by atoms with Gasteiger partial charge in [-0.25, -0.2) is 4.98 Å². The van der Waals surface area contributed by atoms with E-state index < -0.39 is 17.7 Å². The topological polar surface area (TPSA) is 107 Å². The van der Waals surface area contributed by atoms with Gasteiger partial charge in [0.15, 0.2) is 16.6 Å². The summed E-state index contributed by atoms with van der Waals surface area (Å²) in [5.74, 6) is -0.406. The van der Waals surface area contributed by atoms with Crippen LogP contribution in [0.3, 0.4) is 0 Å². The SMILES string of the molecule is CCOc1ccc2nc(N3C(=O)C(=O)C(=C(O)c4ccc(Cl)cc4)C3c3cc(OC)c(OC)c(OC)c3)sc2c1. The number of benzene rings is 3. The molecule has 1 fully saturated rings. The number of thiazole rings is 1. The highest BCUT2D eigenvalue weighted by atomic mass is 35.5. The van der Waals surface area contributed by atoms with Crippen molar-refractivity contribution in [1.29, 1.82) is 0 Å². The van der Waals surface area contributed by atoms with E-state index in [1.165, 1.54) is 37.6 Å². The minimum Gasteiger partial charge on any atom is -0.507 e. The van der Waals surface area contributed by atoms with Gasteiger partial charge in [0.2, 0.25) is 5.75 Å². The number of aliphatic hydroxyl groups is 1. The fourth-order valence-corrected chi connectivity index (χ4v) is 5.77. The van der Waals surface area contributed by atoms with Crippen LogP contribution in [-0.4, -0.2) is 49.7 Å². The van der Waals surface area contributed by atoms with Gasteiger partial charge in [-0.3, -0.25) is 14.5 Å². The first-order valence-corrected chi connectivity index (χ1v) is 13.4. The van der Waals surface area contributed by atoms with Crippen LogP contribution < -0.4 is 23.8 Å². The molecule has 0 radical (unpaired) electrons. The number of carbonyl (C=O) groups excluding carboxylic acids is 2. The van der Waals surface area contributed by atoms with E-state index in [9.17, 15) is 14.7 Å². The summed E-state index contributed by atoms with van der Waals surface area (Å²) >= 11 is 7.27. The summed E-state index contributed by atoms with van der Waals surface area (Å²) in [6, 6.07) is 14.0. The second-order valence-electron chi connectivity index (χ2n) is 8.69. The van der Waals surface area contributed by atoms with Crippen LogP contribution in [-0.2, 0) is 9.59 Å². The van der Waals surface area contributed by atoms with Crippen molar-refractivity contribution in [1.82, 2.24) is 4.98 Å². The van der Waals surface area contributed by atoms with Crippen LogP contribution in [0.1, 0.15) is 24.1 Å². The van der Waals surface area contributed by atoms with E-state index >= 15 is 0 Å².